The van der Waals surface area contributed by atoms with E-state index in [1.165, 1.54) is 18.5 Å². The van der Waals surface area contributed by atoms with E-state index in [4.69, 9.17) is 16.7 Å². The highest BCUT2D eigenvalue weighted by molar-refractivity contribution is 6.31. The van der Waals surface area contributed by atoms with E-state index >= 15 is 0 Å². The van der Waals surface area contributed by atoms with Gasteiger partial charge in [-0.05, 0) is 24.3 Å². The van der Waals surface area contributed by atoms with Crippen LogP contribution in [0.25, 0.3) is 0 Å². The van der Waals surface area contributed by atoms with Crippen molar-refractivity contribution in [2.75, 3.05) is 16.8 Å². The Kier molecular flexibility index (Phi) is 4.68. The summed E-state index contributed by atoms with van der Waals surface area (Å²) in [6.07, 6.45) is 2.92. The predicted molar refractivity (Wildman–Crippen MR) is 77.5 cm³/mol. The van der Waals surface area contributed by atoms with Gasteiger partial charge in [-0.3, -0.25) is 15.0 Å². The van der Waals surface area contributed by atoms with Crippen LogP contribution in [0.2, 0.25) is 5.02 Å². The number of carbonyl (C=O) groups is 2. The summed E-state index contributed by atoms with van der Waals surface area (Å²) in [5, 5.41) is 11.8. The summed E-state index contributed by atoms with van der Waals surface area (Å²) in [7, 11) is 0. The summed E-state index contributed by atoms with van der Waals surface area (Å²) in [5.41, 5.74) is 0.360. The van der Waals surface area contributed by atoms with Crippen LogP contribution in [-0.2, 0) is 4.79 Å². The average Bonchev–Trinajstić information content (AvgIpc) is 2.45. The SMILES string of the molecule is O=C(O)CN(C(=O)Nc1ncccn1)c1cccc(Cl)c1. The van der Waals surface area contributed by atoms with Crippen molar-refractivity contribution in [1.82, 2.24) is 9.97 Å². The Morgan fingerprint density at radius 1 is 1.24 bits per heavy atom. The number of nitrogens with zero attached hydrogens (tertiary/aromatic N) is 3. The number of hydrogen-bond acceptors (Lipinski definition) is 4. The van der Waals surface area contributed by atoms with Crippen molar-refractivity contribution in [2.24, 2.45) is 0 Å². The summed E-state index contributed by atoms with van der Waals surface area (Å²) in [6.45, 7) is -0.515. The molecule has 1 aromatic heterocycles. The van der Waals surface area contributed by atoms with Gasteiger partial charge in [0.05, 0.1) is 0 Å². The maximum absolute atomic E-state index is 12.2. The van der Waals surface area contributed by atoms with Gasteiger partial charge in [0, 0.05) is 23.1 Å². The summed E-state index contributed by atoms with van der Waals surface area (Å²) in [5.74, 6) is -1.07. The number of halogens is 1. The number of carbonyl (C=O) groups excluding carboxylic acids is 1. The zero-order valence-corrected chi connectivity index (χ0v) is 11.5. The maximum atomic E-state index is 12.2. The molecule has 108 valence electrons. The molecular weight excluding hydrogens is 296 g/mol. The Labute approximate surface area is 125 Å². The molecule has 2 rings (SSSR count). The minimum absolute atomic E-state index is 0.0833. The van der Waals surface area contributed by atoms with E-state index in [0.29, 0.717) is 10.7 Å². The summed E-state index contributed by atoms with van der Waals surface area (Å²) in [6, 6.07) is 7.27. The van der Waals surface area contributed by atoms with Gasteiger partial charge in [0.1, 0.15) is 6.54 Å². The van der Waals surface area contributed by atoms with Crippen LogP contribution in [0.1, 0.15) is 0 Å². The van der Waals surface area contributed by atoms with Crippen molar-refractivity contribution < 1.29 is 14.7 Å². The van der Waals surface area contributed by atoms with Gasteiger partial charge in [0.25, 0.3) is 0 Å². The number of urea groups is 1. The first kappa shape index (κ1) is 14.7. The molecule has 0 bridgehead atoms. The van der Waals surface area contributed by atoms with Crippen LogP contribution < -0.4 is 10.2 Å². The third-order valence-electron chi connectivity index (χ3n) is 2.44. The van der Waals surface area contributed by atoms with Gasteiger partial charge in [-0.2, -0.15) is 0 Å². The first-order valence-electron chi connectivity index (χ1n) is 5.89. The van der Waals surface area contributed by atoms with Crippen LogP contribution in [0, 0.1) is 0 Å². The van der Waals surface area contributed by atoms with Crippen LogP contribution in [0.5, 0.6) is 0 Å². The number of amides is 2. The van der Waals surface area contributed by atoms with E-state index < -0.39 is 18.5 Å². The molecule has 0 saturated heterocycles. The van der Waals surface area contributed by atoms with Crippen LogP contribution in [0.3, 0.4) is 0 Å². The molecule has 0 unspecified atom stereocenters. The fraction of sp³-hybridized carbons (Fsp3) is 0.0769. The van der Waals surface area contributed by atoms with Crippen molar-refractivity contribution in [3.05, 3.63) is 47.7 Å². The maximum Gasteiger partial charge on any atom is 0.329 e. The predicted octanol–water partition coefficient (Wildman–Crippen LogP) is 2.25. The van der Waals surface area contributed by atoms with Crippen molar-refractivity contribution in [3.8, 4) is 0 Å². The second kappa shape index (κ2) is 6.67. The van der Waals surface area contributed by atoms with Gasteiger partial charge in [0.15, 0.2) is 0 Å². The lowest BCUT2D eigenvalue weighted by Gasteiger charge is -2.20. The number of aromatic nitrogens is 2. The Morgan fingerprint density at radius 2 is 1.95 bits per heavy atom. The fourth-order valence-corrected chi connectivity index (χ4v) is 1.77. The molecule has 1 heterocycles. The van der Waals surface area contributed by atoms with E-state index in [0.717, 1.165) is 4.90 Å². The van der Waals surface area contributed by atoms with E-state index in [1.807, 2.05) is 0 Å². The molecule has 1 aromatic carbocycles. The second-order valence-corrected chi connectivity index (χ2v) is 4.40. The van der Waals surface area contributed by atoms with Crippen LogP contribution in [0.15, 0.2) is 42.7 Å². The molecule has 0 aliphatic heterocycles. The van der Waals surface area contributed by atoms with E-state index in [2.05, 4.69) is 15.3 Å². The first-order valence-corrected chi connectivity index (χ1v) is 6.27. The van der Waals surface area contributed by atoms with Gasteiger partial charge in [-0.25, -0.2) is 14.8 Å². The number of anilines is 2. The zero-order chi connectivity index (χ0) is 15.2. The lowest BCUT2D eigenvalue weighted by molar-refractivity contribution is -0.135. The van der Waals surface area contributed by atoms with Crippen LogP contribution in [-0.4, -0.2) is 33.6 Å². The highest BCUT2D eigenvalue weighted by Gasteiger charge is 2.19. The number of carboxylic acid groups (broad SMARTS) is 1. The molecule has 2 N–H and O–H groups in total. The molecule has 21 heavy (non-hydrogen) atoms. The largest absolute Gasteiger partial charge is 0.480 e. The van der Waals surface area contributed by atoms with E-state index in [1.54, 1.807) is 24.3 Å². The van der Waals surface area contributed by atoms with Crippen molar-refractivity contribution in [1.29, 1.82) is 0 Å². The molecule has 0 atom stereocenters. The number of hydrogen-bond donors (Lipinski definition) is 2. The Balaban J connectivity index is 2.23. The second-order valence-electron chi connectivity index (χ2n) is 3.96. The monoisotopic (exact) mass is 306 g/mol. The number of aliphatic carboxylic acids is 1. The van der Waals surface area contributed by atoms with Gasteiger partial charge in [0.2, 0.25) is 5.95 Å². The molecule has 0 aliphatic rings. The number of rotatable bonds is 4. The topological polar surface area (TPSA) is 95.4 Å². The molecule has 0 fully saturated rings. The standard InChI is InChI=1S/C13H11ClN4O3/c14-9-3-1-4-10(7-9)18(8-11(19)20)13(21)17-12-15-5-2-6-16-12/h1-7H,8H2,(H,19,20)(H,15,16,17,21). The smallest absolute Gasteiger partial charge is 0.329 e. The quantitative estimate of drug-likeness (QED) is 0.903. The molecule has 0 saturated carbocycles. The third-order valence-corrected chi connectivity index (χ3v) is 2.68. The van der Waals surface area contributed by atoms with Gasteiger partial charge < -0.3 is 5.11 Å². The van der Waals surface area contributed by atoms with Crippen LogP contribution >= 0.6 is 11.6 Å². The lowest BCUT2D eigenvalue weighted by Crippen LogP contribution is -2.39. The molecule has 2 amide bonds. The molecular formula is C13H11ClN4O3. The minimum atomic E-state index is -1.15. The van der Waals surface area contributed by atoms with Gasteiger partial charge in [-0.15, -0.1) is 0 Å². The molecule has 7 nitrogen and oxygen atoms in total. The minimum Gasteiger partial charge on any atom is -0.480 e. The summed E-state index contributed by atoms with van der Waals surface area (Å²) < 4.78 is 0. The molecule has 2 aromatic rings. The Morgan fingerprint density at radius 3 is 2.57 bits per heavy atom. The highest BCUT2D eigenvalue weighted by Crippen LogP contribution is 2.20. The van der Waals surface area contributed by atoms with Crippen molar-refractivity contribution in [2.45, 2.75) is 0 Å². The summed E-state index contributed by atoms with van der Waals surface area (Å²) >= 11 is 5.86. The van der Waals surface area contributed by atoms with Gasteiger partial charge >= 0.3 is 12.0 Å². The fourth-order valence-electron chi connectivity index (χ4n) is 1.59. The van der Waals surface area contributed by atoms with Crippen molar-refractivity contribution in [3.63, 3.8) is 0 Å². The van der Waals surface area contributed by atoms with E-state index in [9.17, 15) is 9.59 Å². The number of carboxylic acids is 1. The lowest BCUT2D eigenvalue weighted by atomic mass is 10.3. The summed E-state index contributed by atoms with van der Waals surface area (Å²) in [4.78, 5) is 31.9. The third kappa shape index (κ3) is 4.15. The molecule has 0 aliphatic carbocycles. The Bertz CT molecular complexity index is 651. The number of nitrogens with one attached hydrogen (secondary N) is 1. The first-order chi connectivity index (χ1) is 10.1. The zero-order valence-electron chi connectivity index (χ0n) is 10.7. The highest BCUT2D eigenvalue weighted by atomic mass is 35.5. The van der Waals surface area contributed by atoms with Crippen LogP contribution in [0.4, 0.5) is 16.4 Å². The average molecular weight is 307 g/mol. The normalized spacial score (nSPS) is 9.95. The molecule has 0 spiro atoms. The Hall–Kier alpha value is -2.67. The number of benzene rings is 1. The molecule has 8 heteroatoms. The van der Waals surface area contributed by atoms with Gasteiger partial charge in [-0.1, -0.05) is 17.7 Å². The van der Waals surface area contributed by atoms with E-state index in [-0.39, 0.29) is 5.95 Å². The molecule has 0 radical (unpaired) electrons. The van der Waals surface area contributed by atoms with Crippen molar-refractivity contribution >= 4 is 35.2 Å².